The van der Waals surface area contributed by atoms with Crippen LogP contribution in [-0.4, -0.2) is 259 Å². The van der Waals surface area contributed by atoms with Crippen molar-refractivity contribution in [3.05, 3.63) is 35.9 Å². The third-order valence-corrected chi connectivity index (χ3v) is 20.8. The van der Waals surface area contributed by atoms with Gasteiger partial charge >= 0.3 is 34.3 Å². The largest absolute Gasteiger partial charge is 0.481 e. The third-order valence-electron chi connectivity index (χ3n) is 20.3. The number of cyclic esters (lactones) is 1. The molecule has 5 aliphatic heterocycles. The molecule has 4 fully saturated rings. The van der Waals surface area contributed by atoms with E-state index in [1.165, 1.54) is 20.1 Å². The van der Waals surface area contributed by atoms with E-state index in [9.17, 15) is 93.4 Å². The van der Waals surface area contributed by atoms with Crippen molar-refractivity contribution in [2.45, 2.75) is 311 Å². The van der Waals surface area contributed by atoms with Gasteiger partial charge in [0.05, 0.1) is 90.6 Å². The van der Waals surface area contributed by atoms with Crippen LogP contribution in [0.25, 0.3) is 0 Å². The number of esters is 3. The minimum Gasteiger partial charge on any atom is -0.481 e. The lowest BCUT2D eigenvalue weighted by atomic mass is 9.77. The number of anilines is 1. The maximum Gasteiger partial charge on any atom is 0.397 e. The molecule has 1 aromatic carbocycles. The van der Waals surface area contributed by atoms with E-state index in [2.05, 4.69) is 9.50 Å². The number of methoxy groups -OCH3 is 1. The molecule has 574 valence electrons. The Morgan fingerprint density at radius 3 is 2.06 bits per heavy atom. The smallest absolute Gasteiger partial charge is 0.397 e. The topological polar surface area (TPSA) is 482 Å². The number of benzene rings is 1. The Kier molecular flexibility index (Phi) is 32.6. The average Bonchev–Trinajstić information content (AvgIpc) is 1.08. The molecule has 100 heavy (non-hydrogen) atoms. The van der Waals surface area contributed by atoms with Crippen molar-refractivity contribution in [3.8, 4) is 5.75 Å². The summed E-state index contributed by atoms with van der Waals surface area (Å²) in [6.07, 6.45) is -25.8. The summed E-state index contributed by atoms with van der Waals surface area (Å²) < 4.78 is 98.4. The lowest BCUT2D eigenvalue weighted by Crippen LogP contribution is -2.67. The van der Waals surface area contributed by atoms with Crippen LogP contribution in [0.5, 0.6) is 5.75 Å². The number of carboxylic acid groups (broad SMARTS) is 1. The number of epoxide rings is 1. The summed E-state index contributed by atoms with van der Waals surface area (Å²) in [7, 11) is -2.19. The first-order chi connectivity index (χ1) is 47.0. The molecule has 32 heteroatoms. The standard InChI is InChI=1S/C68H111NO30S/c1-11-49(93-57-31-51(63(89-10)39(8)91-57)95-67(84)40-22-23-46(69-9)50(26-40)94-56-25-24-47(73)38(7)90-56)34(3)59(80)35(4)60(81)36(5)61-37(6)62-64(97-62)48(74)20-14-18-43(72)28-44(92-55(78)32-53(75)76)29-45-30-52(99-100(86,87)88)65(82)68(85,98-45)66(83)58(79)33(2)16-12-13-17-41(70)27-42(71)19-15-21-54(77)96-61/h15,21-23,26,33-39,41-45,47-49,51-52,56-66,69-74,79-83,85H,11-14,16-20,24-25,27-32H2,1-10H3,(H,75,76)(H,86,87,88)/b21-15+/t33-,34-,35-,36-,37-,38-,39+,41-,42+,43+,44-,45-,47+,48-,49-,51-,52+,56?,57-,58+,59+,60+,61-,62-,63+,64-,65-,66+,68+/m1/s1. The number of hydrogen-bond acceptors (Lipinski definition) is 29. The van der Waals surface area contributed by atoms with Gasteiger partial charge in [0, 0.05) is 76.0 Å². The number of fused-ring (bicyclic) bond motifs is 3. The molecule has 0 amide bonds. The van der Waals surface area contributed by atoms with Crippen LogP contribution in [-0.2, 0) is 71.6 Å². The molecule has 0 aromatic heterocycles. The number of nitrogens with one attached hydrogen (secondary N) is 1. The minimum atomic E-state index is -5.37. The number of carboxylic acids is 1. The van der Waals surface area contributed by atoms with Gasteiger partial charge in [0.15, 0.2) is 12.6 Å². The third kappa shape index (κ3) is 24.1. The van der Waals surface area contributed by atoms with Gasteiger partial charge in [-0.3, -0.25) is 14.1 Å². The number of aliphatic hydroxyl groups excluding tert-OH is 10. The summed E-state index contributed by atoms with van der Waals surface area (Å²) >= 11 is 0. The Balaban J connectivity index is 1.16. The molecule has 4 saturated heterocycles. The van der Waals surface area contributed by atoms with Crippen LogP contribution in [0.4, 0.5) is 5.69 Å². The zero-order valence-corrected chi connectivity index (χ0v) is 59.6. The van der Waals surface area contributed by atoms with Crippen LogP contribution < -0.4 is 10.1 Å². The summed E-state index contributed by atoms with van der Waals surface area (Å²) in [5.41, 5.74) is 0.776. The molecule has 1 aromatic rings. The van der Waals surface area contributed by atoms with E-state index in [0.29, 0.717) is 43.5 Å². The van der Waals surface area contributed by atoms with Crippen LogP contribution in [0.1, 0.15) is 175 Å². The lowest BCUT2D eigenvalue weighted by Gasteiger charge is -2.48. The van der Waals surface area contributed by atoms with Crippen molar-refractivity contribution in [2.75, 3.05) is 19.5 Å². The number of ether oxygens (including phenoxy) is 10. The highest BCUT2D eigenvalue weighted by atomic mass is 32.3. The van der Waals surface area contributed by atoms with Crippen molar-refractivity contribution >= 4 is 40.0 Å². The molecular formula is C68H111NO30S. The fraction of sp³-hybridized carbons (Fsp3) is 0.824. The summed E-state index contributed by atoms with van der Waals surface area (Å²) in [6, 6.07) is 4.81. The minimum absolute atomic E-state index is 0.00131. The normalized spacial score (nSPS) is 38.2. The molecule has 31 nitrogen and oxygen atoms in total. The second-order valence-electron chi connectivity index (χ2n) is 28.0. The van der Waals surface area contributed by atoms with Crippen LogP contribution in [0.2, 0.25) is 0 Å². The first-order valence-electron chi connectivity index (χ1n) is 35.0. The predicted octanol–water partition coefficient (Wildman–Crippen LogP) is 2.48. The van der Waals surface area contributed by atoms with Gasteiger partial charge < -0.3 is 114 Å². The first-order valence-corrected chi connectivity index (χ1v) is 36.3. The highest BCUT2D eigenvalue weighted by Crippen LogP contribution is 2.42. The van der Waals surface area contributed by atoms with E-state index in [1.54, 1.807) is 66.8 Å². The van der Waals surface area contributed by atoms with E-state index < -0.39 is 236 Å². The Morgan fingerprint density at radius 1 is 0.740 bits per heavy atom. The number of rotatable bonds is 20. The zero-order valence-electron chi connectivity index (χ0n) is 58.7. The maximum absolute atomic E-state index is 13.9. The summed E-state index contributed by atoms with van der Waals surface area (Å²) in [4.78, 5) is 52.0. The van der Waals surface area contributed by atoms with Crippen LogP contribution in [0, 0.1) is 29.6 Å². The first kappa shape index (κ1) is 84.6. The van der Waals surface area contributed by atoms with E-state index in [-0.39, 0.29) is 56.9 Å². The molecule has 0 aliphatic carbocycles. The van der Waals surface area contributed by atoms with Gasteiger partial charge in [-0.25, -0.2) is 13.8 Å². The van der Waals surface area contributed by atoms with Gasteiger partial charge in [0.1, 0.15) is 61.0 Å². The van der Waals surface area contributed by atoms with E-state index >= 15 is 0 Å². The Hall–Kier alpha value is -4.37. The second-order valence-corrected chi connectivity index (χ2v) is 29.1. The molecule has 0 spiro atoms. The van der Waals surface area contributed by atoms with Crippen LogP contribution in [0.3, 0.4) is 0 Å². The molecule has 5 heterocycles. The van der Waals surface area contributed by atoms with Gasteiger partial charge in [-0.1, -0.05) is 60.5 Å². The molecule has 14 N–H and O–H groups in total. The summed E-state index contributed by atoms with van der Waals surface area (Å²) in [6.45, 7) is 13.6. The molecular weight excluding hydrogens is 1340 g/mol. The molecule has 2 bridgehead atoms. The quantitative estimate of drug-likeness (QED) is 0.0293. The molecule has 1 unspecified atom stereocenters. The number of carbonyl (C=O) groups excluding carboxylic acids is 3. The van der Waals surface area contributed by atoms with Crippen LogP contribution in [0.15, 0.2) is 30.4 Å². The van der Waals surface area contributed by atoms with Crippen LogP contribution >= 0.6 is 0 Å². The summed E-state index contributed by atoms with van der Waals surface area (Å²) in [5, 5.41) is 137. The average molecular weight is 1450 g/mol. The number of aliphatic carboxylic acids is 1. The fourth-order valence-corrected chi connectivity index (χ4v) is 14.7. The Labute approximate surface area is 584 Å². The lowest BCUT2D eigenvalue weighted by molar-refractivity contribution is -0.364. The van der Waals surface area contributed by atoms with Crippen molar-refractivity contribution < 1.29 is 145 Å². The van der Waals surface area contributed by atoms with Gasteiger partial charge in [0.25, 0.3) is 0 Å². The summed E-state index contributed by atoms with van der Waals surface area (Å²) in [5.74, 6) is -11.4. The van der Waals surface area contributed by atoms with Crippen molar-refractivity contribution in [1.29, 1.82) is 0 Å². The SMILES string of the molecule is CC[C@@H](O[C@@H]1C[C@@H](OC(=O)c2ccc(NC)c(OC3CC[C@H](O)[C@@H](C)O3)c2)[C@@H](OC)[C@H](C)O1)[C@@H](C)[C@H](O)[C@@H](C)[C@H](O)[C@@H](C)[C@H]1OC(=O)/C=C/C[C@H](O)C[C@H](O)CCCC[C@@H](C)[C@H](O)[C@H](O)[C@@]2(O)O[C@H](C[C@H](OC(=O)CC(=O)O)C[C@@H](O)CCC[C@@H](O)[C@H]3O[C@@H]3[C@@H]1C)C[C@H](OS(=O)(=O)O)[C@H]2O. The monoisotopic (exact) mass is 1450 g/mol. The highest BCUT2D eigenvalue weighted by molar-refractivity contribution is 7.80. The van der Waals surface area contributed by atoms with Gasteiger partial charge in [0.2, 0.25) is 5.79 Å². The van der Waals surface area contributed by atoms with Gasteiger partial charge in [-0.15, -0.1) is 0 Å². The molecule has 5 aliphatic rings. The molecule has 0 saturated carbocycles. The molecule has 0 radical (unpaired) electrons. The molecule has 6 rings (SSSR count). The Morgan fingerprint density at radius 2 is 1.41 bits per heavy atom. The number of hydrogen-bond donors (Lipinski definition) is 14. The van der Waals surface area contributed by atoms with E-state index in [1.807, 2.05) is 6.92 Å². The Bertz CT molecular complexity index is 2880. The number of carbonyl (C=O) groups is 4. The van der Waals surface area contributed by atoms with Crippen molar-refractivity contribution in [1.82, 2.24) is 0 Å². The van der Waals surface area contributed by atoms with Gasteiger partial charge in [-0.2, -0.15) is 8.42 Å². The van der Waals surface area contributed by atoms with E-state index in [4.69, 9.17) is 47.4 Å². The van der Waals surface area contributed by atoms with Crippen molar-refractivity contribution in [3.63, 3.8) is 0 Å². The zero-order chi connectivity index (χ0) is 74.2. The predicted molar refractivity (Wildman–Crippen MR) is 352 cm³/mol. The molecule has 29 atom stereocenters. The fourth-order valence-electron chi connectivity index (χ4n) is 14.2. The van der Waals surface area contributed by atoms with E-state index in [0.717, 1.165) is 6.08 Å². The highest BCUT2D eigenvalue weighted by Gasteiger charge is 2.58. The van der Waals surface area contributed by atoms with Gasteiger partial charge in [-0.05, 0) is 95.8 Å². The number of aliphatic hydroxyl groups is 11. The second kappa shape index (κ2) is 38.6. The maximum atomic E-state index is 13.9. The van der Waals surface area contributed by atoms with Crippen molar-refractivity contribution in [2.24, 2.45) is 29.6 Å².